The molecule has 0 bridgehead atoms. The fraction of sp³-hybridized carbons (Fsp3) is 0.484. The standard InChI is InChI=1S/C62H81N7O12/c1-43(48-29-19-12-20-30-48)39-68(59(77)81-61(6,7)8)40-52(70)64-49(38-45-23-13-9-14-24-45)53(71)65-50-37-44(2)69(54(50)72)51(31-21-22-34-63-57(75)80-60(3,4)5)55(73)67-35-32-62(33-36-67,56(74)78-41-46-25-15-10-16-26-46)66-58(76)79-42-47-27-17-11-18-28-47/h9-20,23-30,43-44,49-51H,21-22,31-42H2,1-8H3,(H,63,75)(H,64,70)(H,65,71)(H,66,76)/t43-,44?,49?,50+,51+/m0/s1. The third-order valence-electron chi connectivity index (χ3n) is 14.0. The molecule has 2 unspecified atom stereocenters. The highest BCUT2D eigenvalue weighted by atomic mass is 16.6. The number of benzene rings is 4. The molecule has 0 aliphatic carbocycles. The average Bonchev–Trinajstić information content (AvgIpc) is 3.99. The average molecular weight is 1120 g/mol. The number of carbonyl (C=O) groups excluding carboxylic acids is 8. The molecule has 4 aromatic rings. The van der Waals surface area contributed by atoms with Gasteiger partial charge in [0.2, 0.25) is 23.6 Å². The van der Waals surface area contributed by atoms with Crippen LogP contribution in [0.3, 0.4) is 0 Å². The number of carbonyl (C=O) groups is 8. The minimum Gasteiger partial charge on any atom is -0.459 e. The number of hydrogen-bond donors (Lipinski definition) is 4. The molecule has 19 nitrogen and oxygen atoms in total. The molecule has 19 heteroatoms. The first-order valence-electron chi connectivity index (χ1n) is 27.9. The zero-order valence-electron chi connectivity index (χ0n) is 48.1. The van der Waals surface area contributed by atoms with E-state index >= 15 is 4.79 Å². The monoisotopic (exact) mass is 1120 g/mol. The summed E-state index contributed by atoms with van der Waals surface area (Å²) in [5, 5.41) is 11.3. The topological polar surface area (TPSA) is 231 Å². The summed E-state index contributed by atoms with van der Waals surface area (Å²) >= 11 is 0. The Bertz CT molecular complexity index is 2730. The molecule has 436 valence electrons. The molecule has 6 rings (SSSR count). The molecule has 0 radical (unpaired) electrons. The Morgan fingerprint density at radius 1 is 0.704 bits per heavy atom. The maximum absolute atomic E-state index is 15.0. The number of rotatable bonds is 23. The van der Waals surface area contributed by atoms with E-state index in [4.69, 9.17) is 18.9 Å². The van der Waals surface area contributed by atoms with Gasteiger partial charge in [0.15, 0.2) is 0 Å². The van der Waals surface area contributed by atoms with Crippen LogP contribution in [-0.4, -0.2) is 136 Å². The van der Waals surface area contributed by atoms with Gasteiger partial charge in [0.05, 0.1) is 0 Å². The zero-order valence-corrected chi connectivity index (χ0v) is 48.1. The number of hydrogen-bond acceptors (Lipinski definition) is 12. The second-order valence-electron chi connectivity index (χ2n) is 23.0. The highest BCUT2D eigenvalue weighted by Gasteiger charge is 2.49. The van der Waals surface area contributed by atoms with Crippen molar-refractivity contribution in [3.63, 3.8) is 0 Å². The van der Waals surface area contributed by atoms with Crippen molar-refractivity contribution < 1.29 is 57.3 Å². The summed E-state index contributed by atoms with van der Waals surface area (Å²) in [4.78, 5) is 117. The first kappa shape index (κ1) is 62.2. The molecular formula is C62H81N7O12. The molecule has 81 heavy (non-hydrogen) atoms. The Kier molecular flexibility index (Phi) is 22.3. The smallest absolute Gasteiger partial charge is 0.410 e. The lowest BCUT2D eigenvalue weighted by molar-refractivity contribution is -0.157. The number of ether oxygens (including phenoxy) is 4. The van der Waals surface area contributed by atoms with Crippen molar-refractivity contribution in [1.82, 2.24) is 36.0 Å². The third-order valence-corrected chi connectivity index (χ3v) is 14.0. The minimum atomic E-state index is -1.56. The van der Waals surface area contributed by atoms with E-state index in [1.807, 2.05) is 116 Å². The summed E-state index contributed by atoms with van der Waals surface area (Å²) in [5.41, 5.74) is 0.0522. The van der Waals surface area contributed by atoms with E-state index in [0.29, 0.717) is 12.8 Å². The van der Waals surface area contributed by atoms with Crippen molar-refractivity contribution in [2.24, 2.45) is 0 Å². The van der Waals surface area contributed by atoms with Gasteiger partial charge >= 0.3 is 24.2 Å². The van der Waals surface area contributed by atoms with Crippen molar-refractivity contribution in [2.45, 2.75) is 160 Å². The van der Waals surface area contributed by atoms with Crippen molar-refractivity contribution in [3.8, 4) is 0 Å². The first-order valence-corrected chi connectivity index (χ1v) is 27.9. The first-order chi connectivity index (χ1) is 38.5. The normalized spacial score (nSPS) is 17.1. The van der Waals surface area contributed by atoms with E-state index < -0.39 is 95.3 Å². The van der Waals surface area contributed by atoms with Crippen LogP contribution in [0.5, 0.6) is 0 Å². The number of nitrogens with zero attached hydrogens (tertiary/aromatic N) is 3. The maximum Gasteiger partial charge on any atom is 0.410 e. The summed E-state index contributed by atoms with van der Waals surface area (Å²) in [6.45, 7) is 14.1. The summed E-state index contributed by atoms with van der Waals surface area (Å²) in [7, 11) is 0. The van der Waals surface area contributed by atoms with Crippen LogP contribution in [0.25, 0.3) is 0 Å². The number of likely N-dealkylation sites (tertiary alicyclic amines) is 2. The van der Waals surface area contributed by atoms with E-state index in [1.165, 1.54) is 9.80 Å². The molecule has 4 N–H and O–H groups in total. The fourth-order valence-electron chi connectivity index (χ4n) is 9.89. The van der Waals surface area contributed by atoms with Crippen molar-refractivity contribution in [2.75, 3.05) is 32.7 Å². The Morgan fingerprint density at radius 2 is 1.25 bits per heavy atom. The molecule has 2 saturated heterocycles. The van der Waals surface area contributed by atoms with Gasteiger partial charge in [-0.05, 0) is 115 Å². The highest BCUT2D eigenvalue weighted by molar-refractivity contribution is 5.96. The minimum absolute atomic E-state index is 0.00288. The largest absolute Gasteiger partial charge is 0.459 e. The van der Waals surface area contributed by atoms with Gasteiger partial charge in [-0.1, -0.05) is 128 Å². The van der Waals surface area contributed by atoms with E-state index in [-0.39, 0.29) is 77.4 Å². The number of unbranched alkanes of at least 4 members (excludes halogenated alkanes) is 1. The number of esters is 1. The van der Waals surface area contributed by atoms with E-state index in [2.05, 4.69) is 21.3 Å². The summed E-state index contributed by atoms with van der Waals surface area (Å²) in [5.74, 6) is -3.02. The number of nitrogens with one attached hydrogen (secondary N) is 4. The summed E-state index contributed by atoms with van der Waals surface area (Å²) < 4.78 is 22.5. The Labute approximate surface area is 476 Å². The van der Waals surface area contributed by atoms with Crippen LogP contribution in [0, 0.1) is 0 Å². The second-order valence-corrected chi connectivity index (χ2v) is 23.0. The van der Waals surface area contributed by atoms with Crippen LogP contribution in [0.1, 0.15) is 122 Å². The van der Waals surface area contributed by atoms with Crippen LogP contribution in [-0.2, 0) is 62.6 Å². The van der Waals surface area contributed by atoms with Crippen LogP contribution < -0.4 is 21.3 Å². The molecule has 2 heterocycles. The predicted octanol–water partition coefficient (Wildman–Crippen LogP) is 7.95. The molecule has 7 amide bonds. The van der Waals surface area contributed by atoms with Gasteiger partial charge in [-0.25, -0.2) is 19.2 Å². The Balaban J connectivity index is 1.19. The van der Waals surface area contributed by atoms with E-state index in [1.54, 1.807) is 65.5 Å². The van der Waals surface area contributed by atoms with Gasteiger partial charge in [-0.2, -0.15) is 0 Å². The van der Waals surface area contributed by atoms with Crippen LogP contribution in [0.15, 0.2) is 121 Å². The molecule has 2 fully saturated rings. The van der Waals surface area contributed by atoms with Gasteiger partial charge in [0, 0.05) is 38.6 Å². The zero-order chi connectivity index (χ0) is 58.7. The van der Waals surface area contributed by atoms with Crippen LogP contribution in [0.4, 0.5) is 14.4 Å². The van der Waals surface area contributed by atoms with Crippen LogP contribution >= 0.6 is 0 Å². The third kappa shape index (κ3) is 19.4. The Morgan fingerprint density at radius 3 is 1.81 bits per heavy atom. The molecule has 0 aromatic heterocycles. The molecule has 2 aliphatic heterocycles. The van der Waals surface area contributed by atoms with Gasteiger partial charge < -0.3 is 50.0 Å². The van der Waals surface area contributed by atoms with Crippen molar-refractivity contribution in [3.05, 3.63) is 144 Å². The molecule has 5 atom stereocenters. The summed E-state index contributed by atoms with van der Waals surface area (Å²) in [6, 6.07) is 33.0. The second kappa shape index (κ2) is 29.0. The molecule has 4 aromatic carbocycles. The lowest BCUT2D eigenvalue weighted by atomic mass is 9.87. The predicted molar refractivity (Wildman–Crippen MR) is 304 cm³/mol. The molecule has 2 aliphatic rings. The molecule has 0 saturated carbocycles. The Hall–Kier alpha value is -7.96. The SMILES string of the molecule is CC1C[C@@H](NC(=O)C(Cc2ccccc2)NC(=O)CN(C[C@H](C)c2ccccc2)C(=O)OC(C)(C)C)C(=O)N1[C@H](CCCCNC(=O)OC(C)(C)C)C(=O)N1CCC(NC(=O)OCc2ccccc2)(C(=O)OCc2ccccc2)CC1. The maximum atomic E-state index is 15.0. The molecule has 0 spiro atoms. The van der Waals surface area contributed by atoms with Gasteiger partial charge in [-0.3, -0.25) is 24.1 Å². The van der Waals surface area contributed by atoms with Crippen molar-refractivity contribution in [1.29, 1.82) is 0 Å². The van der Waals surface area contributed by atoms with E-state index in [9.17, 15) is 33.6 Å². The number of piperidine rings is 1. The summed E-state index contributed by atoms with van der Waals surface area (Å²) in [6.07, 6.45) is -0.978. The van der Waals surface area contributed by atoms with Gasteiger partial charge in [0.25, 0.3) is 0 Å². The quantitative estimate of drug-likeness (QED) is 0.0315. The van der Waals surface area contributed by atoms with E-state index in [0.717, 1.165) is 22.3 Å². The lowest BCUT2D eigenvalue weighted by Crippen LogP contribution is -2.63. The fourth-order valence-corrected chi connectivity index (χ4v) is 9.89. The number of alkyl carbamates (subject to hydrolysis) is 2. The van der Waals surface area contributed by atoms with Crippen LogP contribution in [0.2, 0.25) is 0 Å². The highest BCUT2D eigenvalue weighted by Crippen LogP contribution is 2.30. The lowest BCUT2D eigenvalue weighted by Gasteiger charge is -2.42. The molecular weight excluding hydrogens is 1030 g/mol. The van der Waals surface area contributed by atoms with Crippen molar-refractivity contribution >= 4 is 47.9 Å². The van der Waals surface area contributed by atoms with Gasteiger partial charge in [-0.15, -0.1) is 0 Å². The number of amides is 7. The van der Waals surface area contributed by atoms with Gasteiger partial charge in [0.1, 0.15) is 54.6 Å².